The second-order valence-corrected chi connectivity index (χ2v) is 7.74. The van der Waals surface area contributed by atoms with E-state index in [1.54, 1.807) is 30.3 Å². The third kappa shape index (κ3) is 4.32. The summed E-state index contributed by atoms with van der Waals surface area (Å²) in [6.45, 7) is 1.48. The summed E-state index contributed by atoms with van der Waals surface area (Å²) in [6.07, 6.45) is -0.982. The first-order chi connectivity index (χ1) is 11.7. The lowest BCUT2D eigenvalue weighted by Crippen LogP contribution is -2.25. The molecule has 0 spiro atoms. The molecule has 25 heavy (non-hydrogen) atoms. The predicted octanol–water partition coefficient (Wildman–Crippen LogP) is 2.37. The molecule has 0 aliphatic carbocycles. The van der Waals surface area contributed by atoms with E-state index in [1.165, 1.54) is 45.3 Å². The molecule has 0 fully saturated rings. The zero-order chi connectivity index (χ0) is 18.6. The van der Waals surface area contributed by atoms with Crippen LogP contribution in [0.15, 0.2) is 59.5 Å². The average molecular weight is 361 g/mol. The minimum Gasteiger partial charge on any atom is -0.451 e. The number of esters is 1. The Balaban J connectivity index is 2.18. The van der Waals surface area contributed by atoms with Crippen molar-refractivity contribution in [1.82, 2.24) is 4.31 Å². The summed E-state index contributed by atoms with van der Waals surface area (Å²) in [5, 5.41) is 0. The number of carbonyl (C=O) groups excluding carboxylic acids is 2. The molecule has 2 aromatic carbocycles. The number of carbonyl (C=O) groups is 2. The summed E-state index contributed by atoms with van der Waals surface area (Å²) in [4.78, 5) is 24.5. The first-order valence-corrected chi connectivity index (χ1v) is 9.00. The number of rotatable bonds is 6. The van der Waals surface area contributed by atoms with Crippen molar-refractivity contribution in [2.75, 3.05) is 14.1 Å². The molecule has 7 heteroatoms. The third-order valence-electron chi connectivity index (χ3n) is 3.56. The number of benzene rings is 2. The summed E-state index contributed by atoms with van der Waals surface area (Å²) >= 11 is 0. The van der Waals surface area contributed by atoms with E-state index in [1.807, 2.05) is 0 Å². The molecular weight excluding hydrogens is 342 g/mol. The molecule has 132 valence electrons. The maximum absolute atomic E-state index is 12.3. The minimum atomic E-state index is -3.66. The first-order valence-electron chi connectivity index (χ1n) is 7.56. The molecule has 0 heterocycles. The van der Waals surface area contributed by atoms with Crippen molar-refractivity contribution >= 4 is 21.8 Å². The Kier molecular flexibility index (Phi) is 5.71. The Morgan fingerprint density at radius 3 is 2.16 bits per heavy atom. The van der Waals surface area contributed by atoms with E-state index in [2.05, 4.69) is 0 Å². The van der Waals surface area contributed by atoms with Crippen LogP contribution in [-0.2, 0) is 14.8 Å². The molecule has 0 saturated heterocycles. The van der Waals surface area contributed by atoms with E-state index < -0.39 is 22.1 Å². The van der Waals surface area contributed by atoms with Crippen LogP contribution in [0.5, 0.6) is 0 Å². The maximum Gasteiger partial charge on any atom is 0.338 e. The molecule has 0 radical (unpaired) electrons. The van der Waals surface area contributed by atoms with Crippen molar-refractivity contribution in [2.45, 2.75) is 17.9 Å². The van der Waals surface area contributed by atoms with Gasteiger partial charge in [-0.15, -0.1) is 0 Å². The van der Waals surface area contributed by atoms with Gasteiger partial charge >= 0.3 is 5.97 Å². The number of ether oxygens (including phenoxy) is 1. The molecule has 2 aromatic rings. The molecule has 2 rings (SSSR count). The quantitative estimate of drug-likeness (QED) is 0.583. The van der Waals surface area contributed by atoms with Crippen LogP contribution >= 0.6 is 0 Å². The van der Waals surface area contributed by atoms with Crippen LogP contribution in [0.3, 0.4) is 0 Å². The van der Waals surface area contributed by atoms with E-state index in [0.29, 0.717) is 5.56 Å². The Morgan fingerprint density at radius 2 is 1.56 bits per heavy atom. The minimum absolute atomic E-state index is 0.0195. The molecule has 0 unspecified atom stereocenters. The van der Waals surface area contributed by atoms with E-state index in [9.17, 15) is 18.0 Å². The van der Waals surface area contributed by atoms with Crippen LogP contribution in [-0.4, -0.2) is 44.7 Å². The highest BCUT2D eigenvalue weighted by Gasteiger charge is 2.22. The Morgan fingerprint density at radius 1 is 0.960 bits per heavy atom. The molecule has 0 saturated carbocycles. The summed E-state index contributed by atoms with van der Waals surface area (Å²) < 4.78 is 30.5. The van der Waals surface area contributed by atoms with Gasteiger partial charge in [0, 0.05) is 19.7 Å². The van der Waals surface area contributed by atoms with Crippen molar-refractivity contribution < 1.29 is 22.7 Å². The highest BCUT2D eigenvalue weighted by Crippen LogP contribution is 2.16. The van der Waals surface area contributed by atoms with Gasteiger partial charge in [-0.05, 0) is 25.1 Å². The van der Waals surface area contributed by atoms with Crippen LogP contribution in [0.25, 0.3) is 0 Å². The summed E-state index contributed by atoms with van der Waals surface area (Å²) in [7, 11) is -0.855. The number of ketones is 1. The molecule has 0 aliphatic heterocycles. The molecule has 0 bridgehead atoms. The van der Waals surface area contributed by atoms with E-state index in [0.717, 1.165) is 4.31 Å². The second-order valence-electron chi connectivity index (χ2n) is 5.59. The Bertz CT molecular complexity index is 875. The van der Waals surface area contributed by atoms with Crippen LogP contribution in [0, 0.1) is 0 Å². The predicted molar refractivity (Wildman–Crippen MR) is 93.0 cm³/mol. The van der Waals surface area contributed by atoms with Crippen LogP contribution < -0.4 is 0 Å². The van der Waals surface area contributed by atoms with Crippen molar-refractivity contribution in [1.29, 1.82) is 0 Å². The van der Waals surface area contributed by atoms with Gasteiger partial charge in [-0.25, -0.2) is 17.5 Å². The molecule has 0 N–H and O–H groups in total. The van der Waals surface area contributed by atoms with E-state index >= 15 is 0 Å². The summed E-state index contributed by atoms with van der Waals surface area (Å²) in [5.41, 5.74) is 0.502. The lowest BCUT2D eigenvalue weighted by atomic mass is 10.1. The van der Waals surface area contributed by atoms with Gasteiger partial charge in [0.25, 0.3) is 0 Å². The van der Waals surface area contributed by atoms with Crippen molar-refractivity contribution in [3.63, 3.8) is 0 Å². The highest BCUT2D eigenvalue weighted by atomic mass is 32.2. The van der Waals surface area contributed by atoms with Gasteiger partial charge in [0.15, 0.2) is 6.10 Å². The summed E-state index contributed by atoms with van der Waals surface area (Å²) in [6, 6.07) is 14.0. The fraction of sp³-hybridized carbons (Fsp3) is 0.222. The largest absolute Gasteiger partial charge is 0.451 e. The van der Waals surface area contributed by atoms with Gasteiger partial charge < -0.3 is 4.74 Å². The first kappa shape index (κ1) is 18.8. The number of hydrogen-bond donors (Lipinski definition) is 0. The molecule has 6 nitrogen and oxygen atoms in total. The van der Waals surface area contributed by atoms with Crippen LogP contribution in [0.1, 0.15) is 27.6 Å². The molecule has 0 aromatic heterocycles. The van der Waals surface area contributed by atoms with Gasteiger partial charge in [-0.3, -0.25) is 4.79 Å². The zero-order valence-electron chi connectivity index (χ0n) is 14.2. The van der Waals surface area contributed by atoms with Gasteiger partial charge in [-0.2, -0.15) is 0 Å². The summed E-state index contributed by atoms with van der Waals surface area (Å²) in [5.74, 6) is -1.08. The number of nitrogens with zero attached hydrogens (tertiary/aromatic N) is 1. The monoisotopic (exact) mass is 361 g/mol. The SMILES string of the molecule is C[C@@H](OC(=O)c1cccc(S(=O)(=O)N(C)C)c1)C(=O)c1ccccc1. The van der Waals surface area contributed by atoms with Crippen LogP contribution in [0.4, 0.5) is 0 Å². The number of sulfonamides is 1. The molecular formula is C18H19NO5S. The third-order valence-corrected chi connectivity index (χ3v) is 5.37. The van der Waals surface area contributed by atoms with Crippen LogP contribution in [0.2, 0.25) is 0 Å². The second kappa shape index (κ2) is 7.58. The fourth-order valence-corrected chi connectivity index (χ4v) is 3.06. The van der Waals surface area contributed by atoms with Gasteiger partial charge in [0.05, 0.1) is 10.5 Å². The highest BCUT2D eigenvalue weighted by molar-refractivity contribution is 7.89. The lowest BCUT2D eigenvalue weighted by molar-refractivity contribution is 0.0318. The van der Waals surface area contributed by atoms with E-state index in [-0.39, 0.29) is 16.2 Å². The standard InChI is InChI=1S/C18H19NO5S/c1-13(17(20)14-8-5-4-6-9-14)24-18(21)15-10-7-11-16(12-15)25(22,23)19(2)3/h4-13H,1-3H3/t13-/m1/s1. The van der Waals surface area contributed by atoms with Gasteiger partial charge in [-0.1, -0.05) is 36.4 Å². The van der Waals surface area contributed by atoms with Crippen molar-refractivity contribution in [2.24, 2.45) is 0 Å². The molecule has 1 atom stereocenters. The normalized spacial score (nSPS) is 12.6. The van der Waals surface area contributed by atoms with E-state index in [4.69, 9.17) is 4.74 Å². The maximum atomic E-state index is 12.3. The fourth-order valence-electron chi connectivity index (χ4n) is 2.11. The smallest absolute Gasteiger partial charge is 0.338 e. The topological polar surface area (TPSA) is 80.8 Å². The lowest BCUT2D eigenvalue weighted by Gasteiger charge is -2.14. The number of hydrogen-bond acceptors (Lipinski definition) is 5. The zero-order valence-corrected chi connectivity index (χ0v) is 15.0. The van der Waals surface area contributed by atoms with Crippen molar-refractivity contribution in [3.05, 3.63) is 65.7 Å². The van der Waals surface area contributed by atoms with Crippen molar-refractivity contribution in [3.8, 4) is 0 Å². The molecule has 0 aliphatic rings. The Hall–Kier alpha value is -2.51. The van der Waals surface area contributed by atoms with Gasteiger partial charge in [0.2, 0.25) is 15.8 Å². The Labute approximate surface area is 147 Å². The van der Waals surface area contributed by atoms with Gasteiger partial charge in [0.1, 0.15) is 0 Å². The average Bonchev–Trinajstić information content (AvgIpc) is 2.61. The molecule has 0 amide bonds. The number of Topliss-reactive ketones (excluding diaryl/α,β-unsaturated/α-hetero) is 1.